The Labute approximate surface area is 176 Å². The zero-order chi connectivity index (χ0) is 20.2. The van der Waals surface area contributed by atoms with Crippen molar-refractivity contribution in [2.45, 2.75) is 0 Å². The molecule has 0 aliphatic heterocycles. The van der Waals surface area contributed by atoms with E-state index in [-0.39, 0.29) is 5.57 Å². The molecule has 3 aromatic carbocycles. The number of halogens is 1. The summed E-state index contributed by atoms with van der Waals surface area (Å²) in [7, 11) is 0. The highest BCUT2D eigenvalue weighted by Gasteiger charge is 2.13. The second kappa shape index (κ2) is 8.17. The van der Waals surface area contributed by atoms with E-state index in [4.69, 9.17) is 4.42 Å². The van der Waals surface area contributed by atoms with Crippen LogP contribution < -0.4 is 5.32 Å². The predicted molar refractivity (Wildman–Crippen MR) is 118 cm³/mol. The fraction of sp³-hybridized carbons (Fsp3) is 0. The van der Waals surface area contributed by atoms with E-state index < -0.39 is 5.91 Å². The van der Waals surface area contributed by atoms with Gasteiger partial charge >= 0.3 is 0 Å². The maximum absolute atomic E-state index is 12.7. The smallest absolute Gasteiger partial charge is 0.266 e. The molecule has 4 aromatic rings. The second-order valence-corrected chi connectivity index (χ2v) is 7.19. The Kier molecular flexibility index (Phi) is 5.28. The monoisotopic (exact) mass is 442 g/mol. The number of fused-ring (bicyclic) bond motifs is 1. The SMILES string of the molecule is N#C/C(=C\c1ccc(-c2ccccc2Br)o1)C(=O)Nc1cccc2ccccc12. The van der Waals surface area contributed by atoms with Crippen molar-refractivity contribution in [2.24, 2.45) is 0 Å². The van der Waals surface area contributed by atoms with Crippen molar-refractivity contribution in [3.8, 4) is 17.4 Å². The summed E-state index contributed by atoms with van der Waals surface area (Å²) >= 11 is 3.49. The molecule has 0 atom stereocenters. The molecule has 0 aliphatic carbocycles. The lowest BCUT2D eigenvalue weighted by Crippen LogP contribution is -2.13. The fourth-order valence-corrected chi connectivity index (χ4v) is 3.53. The standard InChI is InChI=1S/C24H15BrN2O2/c25-21-10-4-3-9-20(21)23-13-12-18(29-23)14-17(15-26)24(28)27-22-11-5-7-16-6-1-2-8-19(16)22/h1-14H,(H,27,28)/b17-14+. The Morgan fingerprint density at radius 1 is 0.966 bits per heavy atom. The van der Waals surface area contributed by atoms with Crippen LogP contribution in [0.5, 0.6) is 0 Å². The molecule has 0 unspecified atom stereocenters. The lowest BCUT2D eigenvalue weighted by molar-refractivity contribution is -0.112. The van der Waals surface area contributed by atoms with E-state index in [1.165, 1.54) is 6.08 Å². The highest BCUT2D eigenvalue weighted by atomic mass is 79.9. The maximum atomic E-state index is 12.7. The zero-order valence-corrected chi connectivity index (χ0v) is 16.8. The number of carbonyl (C=O) groups excluding carboxylic acids is 1. The van der Waals surface area contributed by atoms with Gasteiger partial charge in [0.1, 0.15) is 23.2 Å². The van der Waals surface area contributed by atoms with Crippen LogP contribution >= 0.6 is 15.9 Å². The first-order chi connectivity index (χ1) is 14.2. The summed E-state index contributed by atoms with van der Waals surface area (Å²) in [6.07, 6.45) is 1.45. The molecule has 1 N–H and O–H groups in total. The van der Waals surface area contributed by atoms with E-state index in [1.54, 1.807) is 6.07 Å². The number of nitrogens with one attached hydrogen (secondary N) is 1. The number of benzene rings is 3. The minimum absolute atomic E-state index is 0.0361. The van der Waals surface area contributed by atoms with Crippen molar-refractivity contribution >= 4 is 44.4 Å². The van der Waals surface area contributed by atoms with Gasteiger partial charge in [-0.2, -0.15) is 5.26 Å². The number of hydrogen-bond acceptors (Lipinski definition) is 3. The zero-order valence-electron chi connectivity index (χ0n) is 15.2. The van der Waals surface area contributed by atoms with Gasteiger partial charge in [0.25, 0.3) is 5.91 Å². The number of amides is 1. The molecule has 0 radical (unpaired) electrons. The summed E-state index contributed by atoms with van der Waals surface area (Å²) in [5, 5.41) is 14.2. The third kappa shape index (κ3) is 3.98. The highest BCUT2D eigenvalue weighted by molar-refractivity contribution is 9.10. The molecule has 140 valence electrons. The van der Waals surface area contributed by atoms with Crippen LogP contribution in [0.3, 0.4) is 0 Å². The number of furan rings is 1. The summed E-state index contributed by atoms with van der Waals surface area (Å²) < 4.78 is 6.72. The number of nitriles is 1. The molecular weight excluding hydrogens is 428 g/mol. The minimum atomic E-state index is -0.484. The van der Waals surface area contributed by atoms with E-state index in [1.807, 2.05) is 78.9 Å². The maximum Gasteiger partial charge on any atom is 0.266 e. The molecule has 0 saturated heterocycles. The van der Waals surface area contributed by atoms with Crippen LogP contribution in [0.1, 0.15) is 5.76 Å². The predicted octanol–water partition coefficient (Wildman–Crippen LogP) is 6.41. The number of carbonyl (C=O) groups is 1. The van der Waals surface area contributed by atoms with Gasteiger partial charge in [0, 0.05) is 27.2 Å². The molecule has 0 bridgehead atoms. The van der Waals surface area contributed by atoms with Crippen LogP contribution in [0.25, 0.3) is 28.2 Å². The number of nitrogens with zero attached hydrogens (tertiary/aromatic N) is 1. The van der Waals surface area contributed by atoms with Crippen molar-refractivity contribution in [1.82, 2.24) is 0 Å². The summed E-state index contributed by atoms with van der Waals surface area (Å²) in [5.41, 5.74) is 1.51. The fourth-order valence-electron chi connectivity index (χ4n) is 3.05. The van der Waals surface area contributed by atoms with Gasteiger partial charge in [-0.25, -0.2) is 0 Å². The number of anilines is 1. The van der Waals surface area contributed by atoms with Gasteiger partial charge in [0.15, 0.2) is 0 Å². The Morgan fingerprint density at radius 2 is 1.72 bits per heavy atom. The van der Waals surface area contributed by atoms with Crippen LogP contribution in [0.4, 0.5) is 5.69 Å². The third-order valence-electron chi connectivity index (χ3n) is 4.46. The van der Waals surface area contributed by atoms with Crippen LogP contribution in [0.2, 0.25) is 0 Å². The summed E-state index contributed by atoms with van der Waals surface area (Å²) in [6.45, 7) is 0. The van der Waals surface area contributed by atoms with Gasteiger partial charge < -0.3 is 9.73 Å². The van der Waals surface area contributed by atoms with Crippen molar-refractivity contribution in [3.05, 3.63) is 94.7 Å². The van der Waals surface area contributed by atoms with Crippen LogP contribution in [-0.4, -0.2) is 5.91 Å². The van der Waals surface area contributed by atoms with E-state index >= 15 is 0 Å². The Balaban J connectivity index is 1.60. The average Bonchev–Trinajstić information content (AvgIpc) is 3.21. The van der Waals surface area contributed by atoms with E-state index in [2.05, 4.69) is 21.2 Å². The summed E-state index contributed by atoms with van der Waals surface area (Å²) in [4.78, 5) is 12.7. The first-order valence-corrected chi connectivity index (χ1v) is 9.70. The molecule has 1 heterocycles. The van der Waals surface area contributed by atoms with Crippen molar-refractivity contribution in [1.29, 1.82) is 5.26 Å². The summed E-state index contributed by atoms with van der Waals surface area (Å²) in [6, 6.07) is 26.6. The van der Waals surface area contributed by atoms with Gasteiger partial charge in [0.2, 0.25) is 0 Å². The first-order valence-electron chi connectivity index (χ1n) is 8.91. The molecule has 4 nitrogen and oxygen atoms in total. The average molecular weight is 443 g/mol. The first kappa shape index (κ1) is 18.7. The van der Waals surface area contributed by atoms with Gasteiger partial charge in [-0.15, -0.1) is 0 Å². The molecule has 29 heavy (non-hydrogen) atoms. The van der Waals surface area contributed by atoms with E-state index in [9.17, 15) is 10.1 Å². The van der Waals surface area contributed by atoms with Crippen molar-refractivity contribution < 1.29 is 9.21 Å². The van der Waals surface area contributed by atoms with Gasteiger partial charge in [0.05, 0.1) is 0 Å². The Bertz CT molecular complexity index is 1280. The van der Waals surface area contributed by atoms with E-state index in [0.717, 1.165) is 20.8 Å². The molecule has 4 rings (SSSR count). The topological polar surface area (TPSA) is 66.0 Å². The van der Waals surface area contributed by atoms with Crippen molar-refractivity contribution in [3.63, 3.8) is 0 Å². The summed E-state index contributed by atoms with van der Waals surface area (Å²) in [5.74, 6) is 0.596. The van der Waals surface area contributed by atoms with Crippen molar-refractivity contribution in [2.75, 3.05) is 5.32 Å². The number of rotatable bonds is 4. The van der Waals surface area contributed by atoms with Crippen LogP contribution in [-0.2, 0) is 4.79 Å². The quantitative estimate of drug-likeness (QED) is 0.293. The van der Waals surface area contributed by atoms with Crippen LogP contribution in [0.15, 0.2) is 93.3 Å². The second-order valence-electron chi connectivity index (χ2n) is 6.33. The molecule has 1 aromatic heterocycles. The normalized spacial score (nSPS) is 11.2. The van der Waals surface area contributed by atoms with E-state index in [0.29, 0.717) is 17.2 Å². The number of hydrogen-bond donors (Lipinski definition) is 1. The Morgan fingerprint density at radius 3 is 2.55 bits per heavy atom. The van der Waals surface area contributed by atoms with Gasteiger partial charge in [-0.05, 0) is 29.7 Å². The van der Waals surface area contributed by atoms with Gasteiger partial charge in [-0.3, -0.25) is 4.79 Å². The largest absolute Gasteiger partial charge is 0.457 e. The lowest BCUT2D eigenvalue weighted by atomic mass is 10.1. The Hall–Kier alpha value is -3.62. The minimum Gasteiger partial charge on any atom is -0.457 e. The van der Waals surface area contributed by atoms with Crippen LogP contribution in [0, 0.1) is 11.3 Å². The molecule has 0 aliphatic rings. The highest BCUT2D eigenvalue weighted by Crippen LogP contribution is 2.30. The molecule has 0 spiro atoms. The third-order valence-corrected chi connectivity index (χ3v) is 5.15. The molecule has 0 fully saturated rings. The lowest BCUT2D eigenvalue weighted by Gasteiger charge is -2.08. The van der Waals surface area contributed by atoms with Gasteiger partial charge in [-0.1, -0.05) is 70.5 Å². The molecule has 5 heteroatoms. The molecular formula is C24H15BrN2O2. The molecule has 1 amide bonds. The molecule has 0 saturated carbocycles.